The van der Waals surface area contributed by atoms with Gasteiger partial charge in [0.25, 0.3) is 16.6 Å². The van der Waals surface area contributed by atoms with Gasteiger partial charge in [-0.15, -0.1) is 0 Å². The molecule has 4 heteroatoms. The third-order valence-electron chi connectivity index (χ3n) is 14.2. The monoisotopic (exact) mass is 789 g/mol. The molecule has 0 radical (unpaired) electrons. The Morgan fingerprint density at radius 1 is 0.464 bits per heavy atom. The van der Waals surface area contributed by atoms with Gasteiger partial charge in [-0.05, 0) is 119 Å². The first-order chi connectivity index (χ1) is 26.0. The highest BCUT2D eigenvalue weighted by Gasteiger charge is 2.50. The molecule has 0 atom stereocenters. The van der Waals surface area contributed by atoms with Crippen LogP contribution in [0.1, 0.15) is 164 Å². The summed E-state index contributed by atoms with van der Waals surface area (Å²) >= 11 is 0. The lowest BCUT2D eigenvalue weighted by atomic mass is 9.66. The summed E-state index contributed by atoms with van der Waals surface area (Å²) in [5.41, 5.74) is 13.2. The van der Waals surface area contributed by atoms with E-state index in [-0.39, 0.29) is 10.8 Å². The number of rotatable bonds is 14. The van der Waals surface area contributed by atoms with Crippen LogP contribution in [0.5, 0.6) is 11.5 Å². The van der Waals surface area contributed by atoms with Crippen LogP contribution in [0, 0.1) is 0 Å². The Morgan fingerprint density at radius 2 is 0.786 bits per heavy atom. The Kier molecular flexibility index (Phi) is 12.5. The maximum atomic E-state index is 7.27. The minimum absolute atomic E-state index is 0.00268. The number of benzene rings is 4. The fourth-order valence-electron chi connectivity index (χ4n) is 10.9. The topological polar surface area (TPSA) is 18.5 Å². The van der Waals surface area contributed by atoms with E-state index in [0.717, 1.165) is 17.9 Å². The van der Waals surface area contributed by atoms with E-state index in [9.17, 15) is 0 Å². The van der Waals surface area contributed by atoms with Crippen molar-refractivity contribution in [1.29, 1.82) is 0 Å². The fraction of sp³-hybridized carbons (Fsp3) is 0.538. The molecule has 0 aliphatic heterocycles. The Bertz CT molecular complexity index is 1830. The van der Waals surface area contributed by atoms with Gasteiger partial charge in [0.15, 0.2) is 0 Å². The number of fused-ring (bicyclic) bond motifs is 3. The average molecular weight is 789 g/mol. The summed E-state index contributed by atoms with van der Waals surface area (Å²) in [4.78, 5) is 0. The summed E-state index contributed by atoms with van der Waals surface area (Å²) in [7, 11) is -4.28. The maximum Gasteiger partial charge on any atom is 0.258 e. The molecule has 0 aromatic heterocycles. The molecule has 0 bridgehead atoms. The minimum atomic E-state index is -2.14. The summed E-state index contributed by atoms with van der Waals surface area (Å²) in [6.45, 7) is 42.5. The van der Waals surface area contributed by atoms with Crippen molar-refractivity contribution in [3.05, 3.63) is 118 Å². The molecule has 0 heterocycles. The molecule has 0 saturated carbocycles. The van der Waals surface area contributed by atoms with Crippen LogP contribution >= 0.6 is 0 Å². The van der Waals surface area contributed by atoms with Gasteiger partial charge in [0.2, 0.25) is 0 Å². The lowest BCUT2D eigenvalue weighted by Crippen LogP contribution is -2.50. The maximum absolute atomic E-state index is 7.27. The standard InChI is InChI=1S/C52H76O2Si2/c1-19-51(17,18)43-25-31-47-46-30-24-42(50(14,15)16)32-48(46)52(49(47)33-43,40-20-26-44(27-21-40)53-55(34(2)3,35(4)5)36(6)7)41-22-28-45(29-23-41)54-56(37(8)9,38(10)11)39(12)13/h20-39H,19H2,1-18H3. The van der Waals surface area contributed by atoms with Gasteiger partial charge in [-0.3, -0.25) is 0 Å². The SMILES string of the molecule is CCC(C)(C)c1ccc2c(c1)C(c1ccc(O[Si](C(C)C)(C(C)C)C(C)C)cc1)(c1ccc(O[Si](C(C)C)(C(C)C)C(C)C)cc1)c1cc(C(C)(C)C)ccc1-2. The number of hydrogen-bond acceptors (Lipinski definition) is 2. The second-order valence-corrected chi connectivity index (χ2v) is 31.4. The van der Waals surface area contributed by atoms with Gasteiger partial charge >= 0.3 is 0 Å². The van der Waals surface area contributed by atoms with Crippen LogP contribution in [0.25, 0.3) is 11.1 Å². The highest BCUT2D eigenvalue weighted by atomic mass is 28.4. The van der Waals surface area contributed by atoms with Crippen LogP contribution in [0.3, 0.4) is 0 Å². The molecule has 1 aliphatic rings. The normalized spacial score (nSPS) is 14.7. The molecule has 4 aromatic carbocycles. The van der Waals surface area contributed by atoms with E-state index < -0.39 is 22.0 Å². The molecule has 0 fully saturated rings. The summed E-state index contributed by atoms with van der Waals surface area (Å²) in [6, 6.07) is 33.3. The molecule has 0 spiro atoms. The molecular weight excluding hydrogens is 713 g/mol. The van der Waals surface area contributed by atoms with Crippen molar-refractivity contribution in [3.63, 3.8) is 0 Å². The van der Waals surface area contributed by atoms with Crippen molar-refractivity contribution in [2.24, 2.45) is 0 Å². The third-order valence-corrected chi connectivity index (χ3v) is 26.3. The van der Waals surface area contributed by atoms with Crippen LogP contribution in [0.15, 0.2) is 84.9 Å². The fourth-order valence-corrected chi connectivity index (χ4v) is 21.4. The molecule has 2 nitrogen and oxygen atoms in total. The lowest BCUT2D eigenvalue weighted by molar-refractivity contribution is 0.479. The largest absolute Gasteiger partial charge is 0.543 e. The molecule has 304 valence electrons. The Morgan fingerprint density at radius 3 is 1.09 bits per heavy atom. The van der Waals surface area contributed by atoms with Gasteiger partial charge in [-0.25, -0.2) is 0 Å². The predicted octanol–water partition coefficient (Wildman–Crippen LogP) is 16.1. The zero-order valence-corrected chi connectivity index (χ0v) is 40.6. The smallest absolute Gasteiger partial charge is 0.258 e. The Balaban J connectivity index is 1.83. The van der Waals surface area contributed by atoms with Crippen LogP contribution < -0.4 is 8.85 Å². The van der Waals surface area contributed by atoms with Crippen LogP contribution in [0.4, 0.5) is 0 Å². The third kappa shape index (κ3) is 7.29. The zero-order chi connectivity index (χ0) is 41.8. The first kappa shape index (κ1) is 44.0. The van der Waals surface area contributed by atoms with Crippen LogP contribution in [-0.2, 0) is 16.2 Å². The first-order valence-corrected chi connectivity index (χ1v) is 26.2. The first-order valence-electron chi connectivity index (χ1n) is 21.9. The highest BCUT2D eigenvalue weighted by Crippen LogP contribution is 2.58. The van der Waals surface area contributed by atoms with E-state index in [1.165, 1.54) is 44.5 Å². The number of hydrogen-bond donors (Lipinski definition) is 0. The van der Waals surface area contributed by atoms with E-state index in [2.05, 4.69) is 210 Å². The lowest BCUT2D eigenvalue weighted by Gasteiger charge is -2.42. The van der Waals surface area contributed by atoms with E-state index in [1.807, 2.05) is 0 Å². The van der Waals surface area contributed by atoms with Gasteiger partial charge in [-0.1, -0.05) is 185 Å². The van der Waals surface area contributed by atoms with Crippen molar-refractivity contribution in [2.75, 3.05) is 0 Å². The molecule has 56 heavy (non-hydrogen) atoms. The molecule has 0 amide bonds. The van der Waals surface area contributed by atoms with Gasteiger partial charge in [0.1, 0.15) is 11.5 Å². The van der Waals surface area contributed by atoms with E-state index >= 15 is 0 Å². The molecule has 0 N–H and O–H groups in total. The van der Waals surface area contributed by atoms with E-state index in [0.29, 0.717) is 33.2 Å². The average Bonchev–Trinajstić information content (AvgIpc) is 3.42. The molecule has 4 aromatic rings. The summed E-state index contributed by atoms with van der Waals surface area (Å²) in [5, 5.41) is 0. The van der Waals surface area contributed by atoms with Crippen molar-refractivity contribution in [2.45, 2.75) is 181 Å². The quantitative estimate of drug-likeness (QED) is 0.104. The molecule has 0 unspecified atom stereocenters. The van der Waals surface area contributed by atoms with Crippen molar-refractivity contribution < 1.29 is 8.85 Å². The summed E-state index contributed by atoms with van der Waals surface area (Å²) in [6.07, 6.45) is 1.07. The van der Waals surface area contributed by atoms with Gasteiger partial charge in [0, 0.05) is 0 Å². The van der Waals surface area contributed by atoms with Crippen LogP contribution in [-0.4, -0.2) is 16.6 Å². The Hall–Kier alpha value is -3.09. The van der Waals surface area contributed by atoms with Crippen molar-refractivity contribution in [1.82, 2.24) is 0 Å². The summed E-state index contributed by atoms with van der Waals surface area (Å²) < 4.78 is 14.5. The second-order valence-electron chi connectivity index (χ2n) is 20.6. The highest BCUT2D eigenvalue weighted by molar-refractivity contribution is 6.78. The van der Waals surface area contributed by atoms with Gasteiger partial charge < -0.3 is 8.85 Å². The molecule has 5 rings (SSSR count). The van der Waals surface area contributed by atoms with E-state index in [1.54, 1.807) is 0 Å². The molecule has 1 aliphatic carbocycles. The summed E-state index contributed by atoms with van der Waals surface area (Å²) in [5.74, 6) is 1.99. The van der Waals surface area contributed by atoms with E-state index in [4.69, 9.17) is 8.85 Å². The van der Waals surface area contributed by atoms with Crippen LogP contribution in [0.2, 0.25) is 33.2 Å². The molecular formula is C52H76O2Si2. The Labute approximate surface area is 345 Å². The zero-order valence-electron chi connectivity index (χ0n) is 38.6. The van der Waals surface area contributed by atoms with Crippen molar-refractivity contribution in [3.8, 4) is 22.6 Å². The predicted molar refractivity (Wildman–Crippen MR) is 249 cm³/mol. The molecule has 0 saturated heterocycles. The van der Waals surface area contributed by atoms with Crippen molar-refractivity contribution >= 4 is 16.6 Å². The minimum Gasteiger partial charge on any atom is -0.543 e. The van der Waals surface area contributed by atoms with Gasteiger partial charge in [-0.2, -0.15) is 0 Å². The van der Waals surface area contributed by atoms with Gasteiger partial charge in [0.05, 0.1) is 5.41 Å². The second kappa shape index (κ2) is 15.9.